The van der Waals surface area contributed by atoms with Gasteiger partial charge in [-0.1, -0.05) is 24.3 Å². The van der Waals surface area contributed by atoms with Gasteiger partial charge in [-0.05, 0) is 43.9 Å². The van der Waals surface area contributed by atoms with Gasteiger partial charge in [0.15, 0.2) is 0 Å². The van der Waals surface area contributed by atoms with Gasteiger partial charge in [0.2, 0.25) is 0 Å². The molecule has 0 radical (unpaired) electrons. The van der Waals surface area contributed by atoms with Gasteiger partial charge in [-0.2, -0.15) is 0 Å². The molecule has 3 rings (SSSR count). The molecule has 1 aromatic rings. The van der Waals surface area contributed by atoms with E-state index in [-0.39, 0.29) is 5.60 Å². The van der Waals surface area contributed by atoms with Crippen molar-refractivity contribution in [1.29, 1.82) is 0 Å². The minimum atomic E-state index is 0.0364. The first-order chi connectivity index (χ1) is 9.27. The van der Waals surface area contributed by atoms with E-state index in [1.165, 1.54) is 24.0 Å². The Kier molecular flexibility index (Phi) is 3.87. The maximum atomic E-state index is 5.87. The van der Waals surface area contributed by atoms with Gasteiger partial charge in [0.05, 0.1) is 5.60 Å². The van der Waals surface area contributed by atoms with Gasteiger partial charge in [-0.15, -0.1) is 0 Å². The topological polar surface area (TPSA) is 33.3 Å². The Hall–Kier alpha value is -0.900. The normalized spacial score (nSPS) is 30.9. The second-order valence-electron chi connectivity index (χ2n) is 6.00. The molecule has 1 fully saturated rings. The first-order valence-electron chi connectivity index (χ1n) is 7.43. The molecule has 19 heavy (non-hydrogen) atoms. The van der Waals surface area contributed by atoms with Crippen molar-refractivity contribution >= 4 is 0 Å². The lowest BCUT2D eigenvalue weighted by Gasteiger charge is -2.27. The summed E-state index contributed by atoms with van der Waals surface area (Å²) in [6.45, 7) is 6.16. The highest BCUT2D eigenvalue weighted by Crippen LogP contribution is 2.27. The van der Waals surface area contributed by atoms with E-state index < -0.39 is 0 Å². The van der Waals surface area contributed by atoms with Gasteiger partial charge in [0.25, 0.3) is 0 Å². The maximum Gasteiger partial charge on any atom is 0.0779 e. The average molecular weight is 260 g/mol. The van der Waals surface area contributed by atoms with Crippen LogP contribution in [0.25, 0.3) is 0 Å². The van der Waals surface area contributed by atoms with Crippen LogP contribution in [-0.4, -0.2) is 25.3 Å². The van der Waals surface area contributed by atoms with Crippen molar-refractivity contribution in [2.45, 2.75) is 44.4 Å². The molecule has 1 aromatic carbocycles. The van der Waals surface area contributed by atoms with Crippen LogP contribution in [0, 0.1) is 0 Å². The molecule has 3 heteroatoms. The summed E-state index contributed by atoms with van der Waals surface area (Å²) in [4.78, 5) is 0. The monoisotopic (exact) mass is 260 g/mol. The second-order valence-corrected chi connectivity index (χ2v) is 6.00. The molecule has 3 nitrogen and oxygen atoms in total. The highest BCUT2D eigenvalue weighted by Gasteiger charge is 2.30. The summed E-state index contributed by atoms with van der Waals surface area (Å²) in [7, 11) is 0. The highest BCUT2D eigenvalue weighted by atomic mass is 16.5. The number of ether oxygens (including phenoxy) is 1. The number of hydrogen-bond acceptors (Lipinski definition) is 3. The van der Waals surface area contributed by atoms with E-state index in [4.69, 9.17) is 4.74 Å². The molecule has 2 unspecified atom stereocenters. The van der Waals surface area contributed by atoms with Crippen LogP contribution in [0.3, 0.4) is 0 Å². The smallest absolute Gasteiger partial charge is 0.0779 e. The molecule has 2 heterocycles. The molecule has 0 spiro atoms. The summed E-state index contributed by atoms with van der Waals surface area (Å²) in [6.07, 6.45) is 3.51. The molecule has 1 saturated heterocycles. The highest BCUT2D eigenvalue weighted by molar-refractivity contribution is 5.31. The lowest BCUT2D eigenvalue weighted by molar-refractivity contribution is 0.0185. The number of benzene rings is 1. The fourth-order valence-corrected chi connectivity index (χ4v) is 3.19. The van der Waals surface area contributed by atoms with Crippen molar-refractivity contribution in [2.24, 2.45) is 0 Å². The van der Waals surface area contributed by atoms with Crippen LogP contribution in [0.15, 0.2) is 24.3 Å². The fraction of sp³-hybridized carbons (Fsp3) is 0.625. The van der Waals surface area contributed by atoms with Crippen LogP contribution >= 0.6 is 0 Å². The SMILES string of the molecule is CC1(CNC2CCNCc3ccccc32)CCCO1. The molecule has 0 aliphatic carbocycles. The van der Waals surface area contributed by atoms with E-state index >= 15 is 0 Å². The van der Waals surface area contributed by atoms with Crippen LogP contribution in [0.5, 0.6) is 0 Å². The molecule has 2 aliphatic rings. The summed E-state index contributed by atoms with van der Waals surface area (Å²) in [5.74, 6) is 0. The molecule has 0 amide bonds. The number of rotatable bonds is 3. The standard InChI is InChI=1S/C16H24N2O/c1-16(8-4-10-19-16)12-18-15-7-9-17-11-13-5-2-3-6-14(13)15/h2-3,5-6,15,17-18H,4,7-12H2,1H3. The molecule has 0 saturated carbocycles. The minimum absolute atomic E-state index is 0.0364. The molecule has 2 N–H and O–H groups in total. The number of fused-ring (bicyclic) bond motifs is 1. The lowest BCUT2D eigenvalue weighted by Crippen LogP contribution is -2.39. The van der Waals surface area contributed by atoms with E-state index in [0.717, 1.165) is 32.7 Å². The van der Waals surface area contributed by atoms with Gasteiger partial charge in [-0.3, -0.25) is 0 Å². The first-order valence-corrected chi connectivity index (χ1v) is 7.43. The predicted octanol–water partition coefficient (Wildman–Crippen LogP) is 2.38. The van der Waals surface area contributed by atoms with Gasteiger partial charge < -0.3 is 15.4 Å². The van der Waals surface area contributed by atoms with Crippen LogP contribution in [0.1, 0.15) is 43.4 Å². The Morgan fingerprint density at radius 2 is 2.32 bits per heavy atom. The van der Waals surface area contributed by atoms with E-state index in [1.807, 2.05) is 0 Å². The summed E-state index contributed by atoms with van der Waals surface area (Å²) < 4.78 is 5.87. The summed E-state index contributed by atoms with van der Waals surface area (Å²) >= 11 is 0. The van der Waals surface area contributed by atoms with Crippen LogP contribution in [0.4, 0.5) is 0 Å². The summed E-state index contributed by atoms with van der Waals surface area (Å²) in [5, 5.41) is 7.23. The maximum absolute atomic E-state index is 5.87. The molecular formula is C16H24N2O. The van der Waals surface area contributed by atoms with Crippen molar-refractivity contribution in [3.05, 3.63) is 35.4 Å². The molecule has 0 bridgehead atoms. The molecule has 2 atom stereocenters. The van der Waals surface area contributed by atoms with E-state index in [0.29, 0.717) is 6.04 Å². The van der Waals surface area contributed by atoms with Crippen molar-refractivity contribution < 1.29 is 4.74 Å². The predicted molar refractivity (Wildman–Crippen MR) is 77.1 cm³/mol. The summed E-state index contributed by atoms with van der Waals surface area (Å²) in [5.41, 5.74) is 2.92. The Labute approximate surface area is 115 Å². The third kappa shape index (κ3) is 2.99. The molecular weight excluding hydrogens is 236 g/mol. The average Bonchev–Trinajstić information content (AvgIpc) is 2.75. The van der Waals surface area contributed by atoms with E-state index in [2.05, 4.69) is 41.8 Å². The van der Waals surface area contributed by atoms with Gasteiger partial charge >= 0.3 is 0 Å². The van der Waals surface area contributed by atoms with E-state index in [1.54, 1.807) is 0 Å². The Bertz CT molecular complexity index is 427. The van der Waals surface area contributed by atoms with Crippen molar-refractivity contribution in [1.82, 2.24) is 10.6 Å². The zero-order valence-corrected chi connectivity index (χ0v) is 11.7. The Morgan fingerprint density at radius 3 is 3.16 bits per heavy atom. The van der Waals surface area contributed by atoms with Crippen LogP contribution in [0.2, 0.25) is 0 Å². The molecule has 2 aliphatic heterocycles. The zero-order valence-electron chi connectivity index (χ0n) is 11.7. The van der Waals surface area contributed by atoms with Crippen LogP contribution < -0.4 is 10.6 Å². The van der Waals surface area contributed by atoms with E-state index in [9.17, 15) is 0 Å². The fourth-order valence-electron chi connectivity index (χ4n) is 3.19. The van der Waals surface area contributed by atoms with Gasteiger partial charge in [0, 0.05) is 25.7 Å². The quantitative estimate of drug-likeness (QED) is 0.875. The minimum Gasteiger partial charge on any atom is -0.374 e. The van der Waals surface area contributed by atoms with Gasteiger partial charge in [0.1, 0.15) is 0 Å². The first kappa shape index (κ1) is 13.1. The number of hydrogen-bond donors (Lipinski definition) is 2. The second kappa shape index (κ2) is 5.61. The third-order valence-corrected chi connectivity index (χ3v) is 4.38. The van der Waals surface area contributed by atoms with Gasteiger partial charge in [-0.25, -0.2) is 0 Å². The molecule has 104 valence electrons. The van der Waals surface area contributed by atoms with Crippen LogP contribution in [-0.2, 0) is 11.3 Å². The zero-order chi connectivity index (χ0) is 13.1. The summed E-state index contributed by atoms with van der Waals surface area (Å²) in [6, 6.07) is 9.22. The third-order valence-electron chi connectivity index (χ3n) is 4.38. The van der Waals surface area contributed by atoms with Crippen molar-refractivity contribution in [3.63, 3.8) is 0 Å². The van der Waals surface area contributed by atoms with Crippen molar-refractivity contribution in [2.75, 3.05) is 19.7 Å². The largest absolute Gasteiger partial charge is 0.374 e. The Morgan fingerprint density at radius 1 is 1.42 bits per heavy atom. The number of nitrogens with one attached hydrogen (secondary N) is 2. The molecule has 0 aromatic heterocycles. The Balaban J connectivity index is 1.70. The van der Waals surface area contributed by atoms with Crippen molar-refractivity contribution in [3.8, 4) is 0 Å². The lowest BCUT2D eigenvalue weighted by atomic mass is 9.97.